The van der Waals surface area contributed by atoms with E-state index >= 15 is 0 Å². The summed E-state index contributed by atoms with van der Waals surface area (Å²) in [7, 11) is 0. The highest BCUT2D eigenvalue weighted by Gasteiger charge is 2.27. The molecule has 1 unspecified atom stereocenters. The monoisotopic (exact) mass is 331 g/mol. The van der Waals surface area contributed by atoms with Gasteiger partial charge in [-0.05, 0) is 38.0 Å². The minimum atomic E-state index is -0.845. The highest BCUT2D eigenvalue weighted by Crippen LogP contribution is 2.27. The third kappa shape index (κ3) is 5.10. The van der Waals surface area contributed by atoms with Gasteiger partial charge in [0.2, 0.25) is 0 Å². The maximum absolute atomic E-state index is 11.6. The number of carbonyl (C=O) groups excluding carboxylic acids is 2. The predicted octanol–water partition coefficient (Wildman–Crippen LogP) is 2.58. The molecule has 21 heavy (non-hydrogen) atoms. The molecule has 0 aliphatic heterocycles. The number of amides is 1. The lowest BCUT2D eigenvalue weighted by Gasteiger charge is -2.13. The number of nitrogens with one attached hydrogen (secondary N) is 1. The second-order valence-corrected chi connectivity index (χ2v) is 5.62. The van der Waals surface area contributed by atoms with Crippen molar-refractivity contribution in [3.05, 3.63) is 28.2 Å². The van der Waals surface area contributed by atoms with E-state index in [1.165, 1.54) is 13.0 Å². The average Bonchev–Trinajstić information content (AvgIpc) is 3.21. The molecular weight excluding hydrogens is 317 g/mol. The maximum atomic E-state index is 11.6. The molecule has 1 N–H and O–H groups in total. The van der Waals surface area contributed by atoms with Crippen molar-refractivity contribution in [2.45, 2.75) is 31.9 Å². The number of halogens is 2. The Balaban J connectivity index is 1.77. The van der Waals surface area contributed by atoms with Crippen LogP contribution in [0, 0.1) is 0 Å². The van der Waals surface area contributed by atoms with Crippen LogP contribution in [0.25, 0.3) is 0 Å². The Morgan fingerprint density at radius 1 is 1.38 bits per heavy atom. The summed E-state index contributed by atoms with van der Waals surface area (Å²) < 4.78 is 10.2. The highest BCUT2D eigenvalue weighted by molar-refractivity contribution is 6.35. The van der Waals surface area contributed by atoms with E-state index in [1.807, 2.05) is 0 Å². The molecule has 0 spiro atoms. The number of benzene rings is 1. The van der Waals surface area contributed by atoms with Crippen LogP contribution in [0.1, 0.15) is 19.8 Å². The predicted molar refractivity (Wildman–Crippen MR) is 78.7 cm³/mol. The maximum Gasteiger partial charge on any atom is 0.344 e. The molecule has 0 saturated heterocycles. The van der Waals surface area contributed by atoms with Gasteiger partial charge >= 0.3 is 5.97 Å². The summed E-state index contributed by atoms with van der Waals surface area (Å²) >= 11 is 11.7. The molecule has 1 saturated carbocycles. The molecule has 1 aromatic carbocycles. The summed E-state index contributed by atoms with van der Waals surface area (Å²) in [6.07, 6.45) is 1.11. The number of ether oxygens (including phenoxy) is 2. The lowest BCUT2D eigenvalue weighted by Crippen LogP contribution is -2.37. The number of hydrogen-bond acceptors (Lipinski definition) is 4. The fourth-order valence-corrected chi connectivity index (χ4v) is 2.02. The molecule has 2 rings (SSSR count). The first-order valence-corrected chi connectivity index (χ1v) is 7.29. The lowest BCUT2D eigenvalue weighted by atomic mass is 10.3. The normalized spacial score (nSPS) is 15.2. The lowest BCUT2D eigenvalue weighted by molar-refractivity contribution is -0.156. The van der Waals surface area contributed by atoms with Gasteiger partial charge in [0.25, 0.3) is 5.91 Å². The first kappa shape index (κ1) is 15.9. The van der Waals surface area contributed by atoms with Crippen LogP contribution < -0.4 is 10.1 Å². The van der Waals surface area contributed by atoms with Crippen LogP contribution in [0.3, 0.4) is 0 Å². The van der Waals surface area contributed by atoms with Crippen molar-refractivity contribution in [2.24, 2.45) is 0 Å². The van der Waals surface area contributed by atoms with E-state index in [9.17, 15) is 9.59 Å². The molecule has 0 heterocycles. The van der Waals surface area contributed by atoms with Crippen molar-refractivity contribution >= 4 is 35.1 Å². The Morgan fingerprint density at radius 3 is 2.71 bits per heavy atom. The van der Waals surface area contributed by atoms with Gasteiger partial charge in [-0.3, -0.25) is 4.79 Å². The topological polar surface area (TPSA) is 64.6 Å². The number of esters is 1. The van der Waals surface area contributed by atoms with Crippen molar-refractivity contribution in [3.63, 3.8) is 0 Å². The zero-order valence-electron chi connectivity index (χ0n) is 11.4. The Bertz CT molecular complexity index is 546. The fraction of sp³-hybridized carbons (Fsp3) is 0.429. The highest BCUT2D eigenvalue weighted by atomic mass is 35.5. The van der Waals surface area contributed by atoms with Gasteiger partial charge in [0.05, 0.1) is 5.02 Å². The number of carbonyl (C=O) groups is 2. The molecular formula is C14H15Cl2NO4. The molecule has 1 aliphatic rings. The van der Waals surface area contributed by atoms with Crippen LogP contribution in [-0.2, 0) is 14.3 Å². The van der Waals surface area contributed by atoms with Crippen LogP contribution in [0.5, 0.6) is 5.75 Å². The van der Waals surface area contributed by atoms with E-state index in [0.717, 1.165) is 12.8 Å². The summed E-state index contributed by atoms with van der Waals surface area (Å²) in [4.78, 5) is 23.2. The molecule has 0 bridgehead atoms. The second-order valence-electron chi connectivity index (χ2n) is 4.78. The third-order valence-electron chi connectivity index (χ3n) is 2.84. The average molecular weight is 332 g/mol. The Morgan fingerprint density at radius 2 is 2.10 bits per heavy atom. The van der Waals surface area contributed by atoms with Crippen molar-refractivity contribution in [1.82, 2.24) is 5.32 Å². The van der Waals surface area contributed by atoms with Gasteiger partial charge in [0.1, 0.15) is 5.75 Å². The Hall–Kier alpha value is -1.46. The number of hydrogen-bond donors (Lipinski definition) is 1. The van der Waals surface area contributed by atoms with E-state index in [2.05, 4.69) is 5.32 Å². The minimum absolute atomic E-state index is 0.225. The van der Waals surface area contributed by atoms with Gasteiger partial charge in [-0.2, -0.15) is 0 Å². The SMILES string of the molecule is CC(OC(=O)COc1ccc(Cl)cc1Cl)C(=O)NC1CC1. The van der Waals surface area contributed by atoms with Crippen LogP contribution in [0.4, 0.5) is 0 Å². The van der Waals surface area contributed by atoms with E-state index in [4.69, 9.17) is 32.7 Å². The van der Waals surface area contributed by atoms with Gasteiger partial charge < -0.3 is 14.8 Å². The molecule has 1 aromatic rings. The fourth-order valence-electron chi connectivity index (χ4n) is 1.56. The van der Waals surface area contributed by atoms with Crippen molar-refractivity contribution in [3.8, 4) is 5.75 Å². The first-order chi connectivity index (χ1) is 9.95. The smallest absolute Gasteiger partial charge is 0.344 e. The van der Waals surface area contributed by atoms with Crippen molar-refractivity contribution in [2.75, 3.05) is 6.61 Å². The summed E-state index contributed by atoms with van der Waals surface area (Å²) in [5, 5.41) is 3.53. The van der Waals surface area contributed by atoms with Crippen LogP contribution in [-0.4, -0.2) is 30.6 Å². The van der Waals surface area contributed by atoms with Crippen molar-refractivity contribution in [1.29, 1.82) is 0 Å². The third-order valence-corrected chi connectivity index (χ3v) is 3.37. The van der Waals surface area contributed by atoms with E-state index in [0.29, 0.717) is 15.8 Å². The van der Waals surface area contributed by atoms with Gasteiger partial charge in [-0.1, -0.05) is 23.2 Å². The molecule has 1 aliphatic carbocycles. The van der Waals surface area contributed by atoms with Crippen molar-refractivity contribution < 1.29 is 19.1 Å². The molecule has 7 heteroatoms. The first-order valence-electron chi connectivity index (χ1n) is 6.53. The van der Waals surface area contributed by atoms with Gasteiger partial charge in [-0.15, -0.1) is 0 Å². The molecule has 114 valence electrons. The van der Waals surface area contributed by atoms with E-state index in [1.54, 1.807) is 12.1 Å². The molecule has 1 amide bonds. The summed E-state index contributed by atoms with van der Waals surface area (Å²) in [5.41, 5.74) is 0. The quantitative estimate of drug-likeness (QED) is 0.813. The van der Waals surface area contributed by atoms with Crippen LogP contribution in [0.2, 0.25) is 10.0 Å². The molecule has 0 radical (unpaired) electrons. The van der Waals surface area contributed by atoms with E-state index in [-0.39, 0.29) is 18.6 Å². The number of rotatable bonds is 6. The molecule has 5 nitrogen and oxygen atoms in total. The second kappa shape index (κ2) is 7.00. The minimum Gasteiger partial charge on any atom is -0.480 e. The summed E-state index contributed by atoms with van der Waals surface area (Å²) in [6.45, 7) is 1.19. The summed E-state index contributed by atoms with van der Waals surface area (Å²) in [5.74, 6) is -0.608. The van der Waals surface area contributed by atoms with Crippen LogP contribution >= 0.6 is 23.2 Å². The Kier molecular flexibility index (Phi) is 5.31. The van der Waals surface area contributed by atoms with E-state index < -0.39 is 12.1 Å². The summed E-state index contributed by atoms with van der Waals surface area (Å²) in [6, 6.07) is 4.89. The molecule has 1 atom stereocenters. The van der Waals surface area contributed by atoms with Crippen LogP contribution in [0.15, 0.2) is 18.2 Å². The largest absolute Gasteiger partial charge is 0.480 e. The zero-order valence-corrected chi connectivity index (χ0v) is 12.9. The van der Waals surface area contributed by atoms with Gasteiger partial charge in [0.15, 0.2) is 12.7 Å². The van der Waals surface area contributed by atoms with Gasteiger partial charge in [-0.25, -0.2) is 4.79 Å². The zero-order chi connectivity index (χ0) is 15.4. The van der Waals surface area contributed by atoms with Gasteiger partial charge in [0, 0.05) is 11.1 Å². The molecule has 0 aromatic heterocycles. The molecule has 1 fully saturated rings. The Labute approximate surface area is 132 Å². The standard InChI is InChI=1S/C14H15Cl2NO4/c1-8(14(19)17-10-3-4-10)21-13(18)7-20-12-5-2-9(15)6-11(12)16/h2,5-6,8,10H,3-4,7H2,1H3,(H,17,19).